The maximum Gasteiger partial charge on any atom is 0.282 e. The highest BCUT2D eigenvalue weighted by molar-refractivity contribution is 9.10. The van der Waals surface area contributed by atoms with Gasteiger partial charge in [0.15, 0.2) is 0 Å². The molecule has 3 aromatic rings. The predicted molar refractivity (Wildman–Crippen MR) is 130 cm³/mol. The van der Waals surface area contributed by atoms with Crippen molar-refractivity contribution in [2.45, 2.75) is 26.2 Å². The van der Waals surface area contributed by atoms with Crippen LogP contribution in [-0.4, -0.2) is 22.5 Å². The Morgan fingerprint density at radius 2 is 2.00 bits per heavy atom. The Labute approximate surface area is 196 Å². The first-order valence-electron chi connectivity index (χ1n) is 9.11. The first kappa shape index (κ1) is 22.7. The van der Waals surface area contributed by atoms with Gasteiger partial charge in [0.2, 0.25) is 0 Å². The summed E-state index contributed by atoms with van der Waals surface area (Å²) in [7, 11) is 0. The number of benzene rings is 2. The molecule has 0 atom stereocenters. The topological polar surface area (TPSA) is 56.5 Å². The van der Waals surface area contributed by atoms with Gasteiger partial charge in [-0.25, -0.2) is 4.98 Å². The number of hydrogen-bond acceptors (Lipinski definition) is 4. The summed E-state index contributed by atoms with van der Waals surface area (Å²) in [5.41, 5.74) is 0.587. The molecule has 0 radical (unpaired) electrons. The zero-order valence-electron chi connectivity index (χ0n) is 16.7. The van der Waals surface area contributed by atoms with Gasteiger partial charge >= 0.3 is 0 Å². The minimum Gasteiger partial charge on any atom is -0.488 e. The molecule has 0 fully saturated rings. The van der Waals surface area contributed by atoms with Gasteiger partial charge in [0, 0.05) is 20.5 Å². The minimum absolute atomic E-state index is 0.253. The second-order valence-corrected chi connectivity index (χ2v) is 9.82. The molecule has 5 nitrogen and oxygen atoms in total. The summed E-state index contributed by atoms with van der Waals surface area (Å²) in [6, 6.07) is 8.89. The van der Waals surface area contributed by atoms with Gasteiger partial charge in [0.05, 0.1) is 21.6 Å². The summed E-state index contributed by atoms with van der Waals surface area (Å²) in [6.07, 6.45) is 3.20. The second-order valence-electron chi connectivity index (χ2n) is 7.61. The third-order valence-corrected chi connectivity index (χ3v) is 5.47. The molecule has 1 heterocycles. The zero-order valence-corrected chi connectivity index (χ0v) is 20.7. The van der Waals surface area contributed by atoms with E-state index in [2.05, 4.69) is 43.5 Å². The van der Waals surface area contributed by atoms with Crippen LogP contribution in [0.5, 0.6) is 5.75 Å². The average Bonchev–Trinajstić information content (AvgIpc) is 2.66. The monoisotopic (exact) mass is 551 g/mol. The number of nitrogens with zero attached hydrogens (tertiary/aromatic N) is 3. The molecular weight excluding hydrogens is 534 g/mol. The summed E-state index contributed by atoms with van der Waals surface area (Å²) < 4.78 is 8.57. The van der Waals surface area contributed by atoms with Crippen LogP contribution in [0.2, 0.25) is 5.02 Å². The van der Waals surface area contributed by atoms with Crippen molar-refractivity contribution in [3.63, 3.8) is 0 Å². The molecule has 0 saturated carbocycles. The van der Waals surface area contributed by atoms with Crippen LogP contribution in [0.25, 0.3) is 10.9 Å². The molecule has 0 spiro atoms. The molecule has 0 bridgehead atoms. The number of ether oxygens (including phenoxy) is 1. The lowest BCUT2D eigenvalue weighted by molar-refractivity contribution is 0.360. The van der Waals surface area contributed by atoms with Gasteiger partial charge in [0.25, 0.3) is 5.56 Å². The minimum atomic E-state index is -0.408. The Bertz CT molecular complexity index is 1210. The molecule has 0 amide bonds. The Hall–Kier alpha value is -1.96. The molecule has 30 heavy (non-hydrogen) atoms. The van der Waals surface area contributed by atoms with Crippen molar-refractivity contribution in [2.75, 3.05) is 6.61 Å². The molecule has 1 aromatic heterocycles. The van der Waals surface area contributed by atoms with E-state index in [9.17, 15) is 4.79 Å². The summed E-state index contributed by atoms with van der Waals surface area (Å²) in [6.45, 7) is 9.95. The second kappa shape index (κ2) is 9.04. The maximum absolute atomic E-state index is 13.3. The SMILES string of the molecule is C=CCOc1c(Br)cc(Cl)cc1C=Nn1c(C(C)(C)C)nc2ccc(Br)cc2c1=O. The molecule has 156 valence electrons. The first-order chi connectivity index (χ1) is 14.1. The Morgan fingerprint density at radius 3 is 2.67 bits per heavy atom. The number of rotatable bonds is 5. The zero-order chi connectivity index (χ0) is 22.1. The van der Waals surface area contributed by atoms with Crippen molar-refractivity contribution in [3.05, 3.63) is 78.7 Å². The molecule has 0 unspecified atom stereocenters. The van der Waals surface area contributed by atoms with Crippen molar-refractivity contribution >= 4 is 60.6 Å². The Kier molecular flexibility index (Phi) is 6.84. The van der Waals surface area contributed by atoms with Gasteiger partial charge in [-0.3, -0.25) is 4.79 Å². The van der Waals surface area contributed by atoms with Gasteiger partial charge in [-0.05, 0) is 46.3 Å². The fraction of sp³-hybridized carbons (Fsp3) is 0.227. The molecule has 8 heteroatoms. The van der Waals surface area contributed by atoms with E-state index in [1.54, 1.807) is 30.5 Å². The van der Waals surface area contributed by atoms with E-state index in [-0.39, 0.29) is 5.56 Å². The van der Waals surface area contributed by atoms with Crippen molar-refractivity contribution in [1.29, 1.82) is 0 Å². The highest BCUT2D eigenvalue weighted by Crippen LogP contribution is 2.32. The molecule has 0 aliphatic heterocycles. The predicted octanol–water partition coefficient (Wildman–Crippen LogP) is 6.32. The fourth-order valence-corrected chi connectivity index (χ4v) is 4.14. The number of halogens is 3. The van der Waals surface area contributed by atoms with Crippen LogP contribution in [0, 0.1) is 0 Å². The summed E-state index contributed by atoms with van der Waals surface area (Å²) >= 11 is 13.1. The van der Waals surface area contributed by atoms with Crippen LogP contribution in [0.4, 0.5) is 0 Å². The molecule has 3 rings (SSSR count). The van der Waals surface area contributed by atoms with Gasteiger partial charge in [0.1, 0.15) is 18.2 Å². The largest absolute Gasteiger partial charge is 0.488 e. The normalized spacial score (nSPS) is 11.9. The quantitative estimate of drug-likeness (QED) is 0.275. The summed E-state index contributed by atoms with van der Waals surface area (Å²) in [5, 5.41) is 5.48. The maximum atomic E-state index is 13.3. The smallest absolute Gasteiger partial charge is 0.282 e. The van der Waals surface area contributed by atoms with Crippen LogP contribution in [0.3, 0.4) is 0 Å². The molecule has 0 saturated heterocycles. The van der Waals surface area contributed by atoms with Gasteiger partial charge < -0.3 is 4.74 Å². The van der Waals surface area contributed by atoms with Gasteiger partial charge in [-0.1, -0.05) is 61.0 Å². The molecular formula is C22H20Br2ClN3O2. The third-order valence-electron chi connectivity index (χ3n) is 4.17. The van der Waals surface area contributed by atoms with E-state index in [0.29, 0.717) is 44.1 Å². The van der Waals surface area contributed by atoms with Gasteiger partial charge in [-0.15, -0.1) is 0 Å². The van der Waals surface area contributed by atoms with Crippen LogP contribution < -0.4 is 10.3 Å². The van der Waals surface area contributed by atoms with Gasteiger partial charge in [-0.2, -0.15) is 9.78 Å². The average molecular weight is 554 g/mol. The van der Waals surface area contributed by atoms with Crippen molar-refractivity contribution in [3.8, 4) is 5.75 Å². The Balaban J connectivity index is 2.23. The molecule has 0 N–H and O–H groups in total. The lowest BCUT2D eigenvalue weighted by Gasteiger charge is -2.21. The van der Waals surface area contributed by atoms with E-state index in [0.717, 1.165) is 4.47 Å². The van der Waals surface area contributed by atoms with E-state index in [1.165, 1.54) is 4.68 Å². The highest BCUT2D eigenvalue weighted by atomic mass is 79.9. The molecule has 2 aromatic carbocycles. The third kappa shape index (κ3) is 4.85. The van der Waals surface area contributed by atoms with E-state index in [1.807, 2.05) is 32.9 Å². The number of aromatic nitrogens is 2. The number of hydrogen-bond donors (Lipinski definition) is 0. The van der Waals surface area contributed by atoms with Crippen LogP contribution in [0.1, 0.15) is 32.2 Å². The van der Waals surface area contributed by atoms with Crippen LogP contribution in [-0.2, 0) is 5.41 Å². The van der Waals surface area contributed by atoms with E-state index < -0.39 is 5.41 Å². The standard InChI is InChI=1S/C22H20Br2ClN3O2/c1-5-8-30-19-13(9-15(25)11-17(19)24)12-26-28-20(29)16-10-14(23)6-7-18(16)27-21(28)22(2,3)4/h5-7,9-12H,1,8H2,2-4H3. The summed E-state index contributed by atoms with van der Waals surface area (Å²) in [4.78, 5) is 18.0. The van der Waals surface area contributed by atoms with E-state index in [4.69, 9.17) is 21.3 Å². The lowest BCUT2D eigenvalue weighted by Crippen LogP contribution is -2.29. The van der Waals surface area contributed by atoms with Crippen molar-refractivity contribution in [2.24, 2.45) is 5.10 Å². The Morgan fingerprint density at radius 1 is 1.27 bits per heavy atom. The molecule has 0 aliphatic rings. The van der Waals surface area contributed by atoms with Crippen molar-refractivity contribution in [1.82, 2.24) is 9.66 Å². The summed E-state index contributed by atoms with van der Waals surface area (Å²) in [5.74, 6) is 1.11. The van der Waals surface area contributed by atoms with Crippen molar-refractivity contribution < 1.29 is 4.74 Å². The highest BCUT2D eigenvalue weighted by Gasteiger charge is 2.23. The first-order valence-corrected chi connectivity index (χ1v) is 11.1. The van der Waals surface area contributed by atoms with E-state index >= 15 is 0 Å². The lowest BCUT2D eigenvalue weighted by atomic mass is 9.95. The number of fused-ring (bicyclic) bond motifs is 1. The van der Waals surface area contributed by atoms with Crippen LogP contribution in [0.15, 0.2) is 61.8 Å². The molecule has 0 aliphatic carbocycles. The van der Waals surface area contributed by atoms with Crippen LogP contribution >= 0.6 is 43.5 Å². The fourth-order valence-electron chi connectivity index (χ4n) is 2.83.